The van der Waals surface area contributed by atoms with Crippen molar-refractivity contribution in [3.05, 3.63) is 78.4 Å². The SMILES string of the molecule is COc1ccc(C(=O)Nc2nn(Cc3ccc(Cl)c(Cl)c3)cc2Br)cc1[N+](=O)[O-]. The Kier molecular flexibility index (Phi) is 6.41. The minimum Gasteiger partial charge on any atom is -0.490 e. The van der Waals surface area contributed by atoms with Crippen molar-refractivity contribution in [3.63, 3.8) is 0 Å². The second-order valence-electron chi connectivity index (χ2n) is 5.87. The van der Waals surface area contributed by atoms with Crippen LogP contribution in [0.5, 0.6) is 5.75 Å². The van der Waals surface area contributed by atoms with Crippen LogP contribution < -0.4 is 10.1 Å². The Morgan fingerprint density at radius 3 is 2.69 bits per heavy atom. The van der Waals surface area contributed by atoms with Crippen molar-refractivity contribution < 1.29 is 14.5 Å². The third-order valence-electron chi connectivity index (χ3n) is 3.92. The number of nitro groups is 1. The van der Waals surface area contributed by atoms with Gasteiger partial charge in [0, 0.05) is 17.8 Å². The third-order valence-corrected chi connectivity index (χ3v) is 5.23. The van der Waals surface area contributed by atoms with Crippen LogP contribution in [0.3, 0.4) is 0 Å². The van der Waals surface area contributed by atoms with Gasteiger partial charge in [-0.25, -0.2) is 0 Å². The fraction of sp³-hybridized carbons (Fsp3) is 0.111. The van der Waals surface area contributed by atoms with E-state index < -0.39 is 10.8 Å². The standard InChI is InChI=1S/C18H13BrCl2N4O4/c1-29-16-5-3-11(7-15(16)25(27)28)18(26)22-17-12(19)9-24(23-17)8-10-2-4-13(20)14(21)6-10/h2-7,9H,8H2,1H3,(H,22,23,26). The number of nitro benzene ring substituents is 1. The zero-order chi connectivity index (χ0) is 21.1. The first-order valence-corrected chi connectivity index (χ1v) is 9.64. The monoisotopic (exact) mass is 498 g/mol. The summed E-state index contributed by atoms with van der Waals surface area (Å²) in [4.78, 5) is 23.0. The number of carbonyl (C=O) groups is 1. The largest absolute Gasteiger partial charge is 0.490 e. The number of nitrogens with zero attached hydrogens (tertiary/aromatic N) is 3. The second-order valence-corrected chi connectivity index (χ2v) is 7.54. The summed E-state index contributed by atoms with van der Waals surface area (Å²) >= 11 is 15.3. The van der Waals surface area contributed by atoms with Gasteiger partial charge in [-0.05, 0) is 45.8 Å². The van der Waals surface area contributed by atoms with E-state index in [1.54, 1.807) is 23.0 Å². The van der Waals surface area contributed by atoms with Crippen LogP contribution in [0, 0.1) is 10.1 Å². The number of hydrogen-bond acceptors (Lipinski definition) is 5. The van der Waals surface area contributed by atoms with Crippen molar-refractivity contribution in [1.82, 2.24) is 9.78 Å². The van der Waals surface area contributed by atoms with Crippen LogP contribution in [0.25, 0.3) is 0 Å². The molecule has 0 fully saturated rings. The summed E-state index contributed by atoms with van der Waals surface area (Å²) in [5.74, 6) is -0.205. The molecule has 1 N–H and O–H groups in total. The predicted octanol–water partition coefficient (Wildman–Crippen LogP) is 5.17. The van der Waals surface area contributed by atoms with Gasteiger partial charge in [-0.3, -0.25) is 19.6 Å². The highest BCUT2D eigenvalue weighted by Gasteiger charge is 2.19. The molecule has 3 rings (SSSR count). The van der Waals surface area contributed by atoms with Gasteiger partial charge < -0.3 is 10.1 Å². The molecule has 0 saturated heterocycles. The van der Waals surface area contributed by atoms with E-state index in [1.165, 1.54) is 19.2 Å². The molecular formula is C18H13BrCl2N4O4. The Morgan fingerprint density at radius 2 is 2.03 bits per heavy atom. The molecule has 0 aliphatic heterocycles. The van der Waals surface area contributed by atoms with Crippen LogP contribution in [0.4, 0.5) is 11.5 Å². The van der Waals surface area contributed by atoms with Gasteiger partial charge in [-0.2, -0.15) is 5.10 Å². The molecule has 8 nitrogen and oxygen atoms in total. The summed E-state index contributed by atoms with van der Waals surface area (Å²) in [6.07, 6.45) is 1.69. The molecule has 0 unspecified atom stereocenters. The Bertz CT molecular complexity index is 1100. The molecule has 0 spiro atoms. The molecule has 0 bridgehead atoms. The van der Waals surface area contributed by atoms with Crippen molar-refractivity contribution in [2.45, 2.75) is 6.54 Å². The van der Waals surface area contributed by atoms with Crippen molar-refractivity contribution in [1.29, 1.82) is 0 Å². The second kappa shape index (κ2) is 8.81. The number of ether oxygens (including phenoxy) is 1. The number of anilines is 1. The number of benzene rings is 2. The molecule has 0 saturated carbocycles. The van der Waals surface area contributed by atoms with Gasteiger partial charge in [0.25, 0.3) is 5.91 Å². The molecular weight excluding hydrogens is 487 g/mol. The first kappa shape index (κ1) is 21.1. The summed E-state index contributed by atoms with van der Waals surface area (Å²) in [6, 6.07) is 9.19. The number of rotatable bonds is 6. The third kappa shape index (κ3) is 4.87. The Labute approximate surface area is 183 Å². The van der Waals surface area contributed by atoms with Crippen LogP contribution in [0.15, 0.2) is 47.1 Å². The van der Waals surface area contributed by atoms with Gasteiger partial charge in [0.2, 0.25) is 0 Å². The summed E-state index contributed by atoms with van der Waals surface area (Å²) in [5, 5.41) is 19.0. The maximum atomic E-state index is 12.5. The minimum absolute atomic E-state index is 0.0682. The molecule has 1 amide bonds. The quantitative estimate of drug-likeness (QED) is 0.372. The Hall–Kier alpha value is -2.62. The molecule has 29 heavy (non-hydrogen) atoms. The van der Waals surface area contributed by atoms with Crippen molar-refractivity contribution >= 4 is 56.5 Å². The molecule has 0 radical (unpaired) electrons. The number of methoxy groups -OCH3 is 1. The van der Waals surface area contributed by atoms with Crippen LogP contribution in [0.2, 0.25) is 10.0 Å². The number of hydrogen-bond donors (Lipinski definition) is 1. The fourth-order valence-electron chi connectivity index (χ4n) is 2.54. The van der Waals surface area contributed by atoms with Crippen molar-refractivity contribution in [3.8, 4) is 5.75 Å². The van der Waals surface area contributed by atoms with Crippen molar-refractivity contribution in [2.75, 3.05) is 12.4 Å². The highest BCUT2D eigenvalue weighted by molar-refractivity contribution is 9.10. The summed E-state index contributed by atoms with van der Waals surface area (Å²) < 4.78 is 7.10. The number of halogens is 3. The molecule has 1 aromatic heterocycles. The summed E-state index contributed by atoms with van der Waals surface area (Å²) in [7, 11) is 1.32. The zero-order valence-corrected chi connectivity index (χ0v) is 18.0. The Balaban J connectivity index is 1.78. The van der Waals surface area contributed by atoms with Gasteiger partial charge in [0.15, 0.2) is 11.6 Å². The summed E-state index contributed by atoms with van der Waals surface area (Å²) in [6.45, 7) is 0.402. The van der Waals surface area contributed by atoms with Gasteiger partial charge in [0.05, 0.1) is 33.1 Å². The van der Waals surface area contributed by atoms with Crippen LogP contribution >= 0.6 is 39.1 Å². The lowest BCUT2D eigenvalue weighted by Gasteiger charge is -2.06. The van der Waals surface area contributed by atoms with E-state index in [-0.39, 0.29) is 22.8 Å². The molecule has 0 aliphatic rings. The predicted molar refractivity (Wildman–Crippen MR) is 113 cm³/mol. The lowest BCUT2D eigenvalue weighted by atomic mass is 10.1. The number of nitrogens with one attached hydrogen (secondary N) is 1. The smallest absolute Gasteiger partial charge is 0.311 e. The molecule has 11 heteroatoms. The number of aromatic nitrogens is 2. The first-order chi connectivity index (χ1) is 13.8. The highest BCUT2D eigenvalue weighted by Crippen LogP contribution is 2.29. The van der Waals surface area contributed by atoms with Gasteiger partial charge in [-0.1, -0.05) is 29.3 Å². The molecule has 0 aliphatic carbocycles. The molecule has 150 valence electrons. The van der Waals surface area contributed by atoms with Crippen LogP contribution in [-0.4, -0.2) is 27.7 Å². The molecule has 2 aromatic carbocycles. The lowest BCUT2D eigenvalue weighted by Crippen LogP contribution is -2.13. The summed E-state index contributed by atoms with van der Waals surface area (Å²) in [5.41, 5.74) is 0.672. The average Bonchev–Trinajstić information content (AvgIpc) is 3.02. The zero-order valence-electron chi connectivity index (χ0n) is 14.9. The van der Waals surface area contributed by atoms with Gasteiger partial charge in [0.1, 0.15) is 0 Å². The Morgan fingerprint density at radius 1 is 1.28 bits per heavy atom. The van der Waals surface area contributed by atoms with Crippen LogP contribution in [0.1, 0.15) is 15.9 Å². The first-order valence-electron chi connectivity index (χ1n) is 8.09. The van der Waals surface area contributed by atoms with E-state index in [4.69, 9.17) is 27.9 Å². The van der Waals surface area contributed by atoms with E-state index in [0.717, 1.165) is 11.6 Å². The van der Waals surface area contributed by atoms with Gasteiger partial charge in [-0.15, -0.1) is 0 Å². The normalized spacial score (nSPS) is 10.6. The van der Waals surface area contributed by atoms with Crippen LogP contribution in [-0.2, 0) is 6.54 Å². The van der Waals surface area contributed by atoms with E-state index in [0.29, 0.717) is 21.1 Å². The fourth-order valence-corrected chi connectivity index (χ4v) is 3.28. The number of carbonyl (C=O) groups excluding carboxylic acids is 1. The average molecular weight is 500 g/mol. The molecule has 1 heterocycles. The van der Waals surface area contributed by atoms with E-state index in [1.807, 2.05) is 6.07 Å². The molecule has 3 aromatic rings. The maximum Gasteiger partial charge on any atom is 0.311 e. The maximum absolute atomic E-state index is 12.5. The van der Waals surface area contributed by atoms with E-state index in [2.05, 4.69) is 26.3 Å². The lowest BCUT2D eigenvalue weighted by molar-refractivity contribution is -0.385. The topological polar surface area (TPSA) is 99.3 Å². The molecule has 0 atom stereocenters. The number of amides is 1. The minimum atomic E-state index is -0.614. The highest BCUT2D eigenvalue weighted by atomic mass is 79.9. The van der Waals surface area contributed by atoms with Gasteiger partial charge >= 0.3 is 5.69 Å². The van der Waals surface area contributed by atoms with E-state index in [9.17, 15) is 14.9 Å². The van der Waals surface area contributed by atoms with E-state index >= 15 is 0 Å². The van der Waals surface area contributed by atoms with Crippen molar-refractivity contribution in [2.24, 2.45) is 0 Å².